The molecule has 0 bridgehead atoms. The molecule has 17 heavy (non-hydrogen) atoms. The zero-order valence-electron chi connectivity index (χ0n) is 10.7. The SMILES string of the molecule is CCC1CCCC(NC(=O)C2COCC2N)C1. The first-order valence-corrected chi connectivity index (χ1v) is 6.84. The summed E-state index contributed by atoms with van der Waals surface area (Å²) in [5.41, 5.74) is 5.85. The van der Waals surface area contributed by atoms with E-state index >= 15 is 0 Å². The molecule has 0 aromatic carbocycles. The number of carbonyl (C=O) groups excluding carboxylic acids is 1. The van der Waals surface area contributed by atoms with Gasteiger partial charge in [0.1, 0.15) is 0 Å². The van der Waals surface area contributed by atoms with Crippen LogP contribution in [0, 0.1) is 11.8 Å². The van der Waals surface area contributed by atoms with Gasteiger partial charge in [0, 0.05) is 12.1 Å². The van der Waals surface area contributed by atoms with Gasteiger partial charge < -0.3 is 15.8 Å². The van der Waals surface area contributed by atoms with E-state index in [4.69, 9.17) is 10.5 Å². The molecule has 2 fully saturated rings. The van der Waals surface area contributed by atoms with Gasteiger partial charge in [-0.2, -0.15) is 0 Å². The van der Waals surface area contributed by atoms with Gasteiger partial charge in [-0.25, -0.2) is 0 Å². The second kappa shape index (κ2) is 5.83. The van der Waals surface area contributed by atoms with E-state index in [-0.39, 0.29) is 17.9 Å². The van der Waals surface area contributed by atoms with E-state index in [2.05, 4.69) is 12.2 Å². The fraction of sp³-hybridized carbons (Fsp3) is 0.923. The molecule has 1 amide bonds. The summed E-state index contributed by atoms with van der Waals surface area (Å²) in [6.45, 7) is 3.23. The number of ether oxygens (including phenoxy) is 1. The summed E-state index contributed by atoms with van der Waals surface area (Å²) < 4.78 is 5.24. The Morgan fingerprint density at radius 2 is 2.24 bits per heavy atom. The molecule has 0 aromatic rings. The van der Waals surface area contributed by atoms with E-state index < -0.39 is 0 Å². The van der Waals surface area contributed by atoms with Crippen molar-refractivity contribution >= 4 is 5.91 Å². The van der Waals surface area contributed by atoms with Crippen molar-refractivity contribution in [2.45, 2.75) is 51.1 Å². The maximum atomic E-state index is 12.0. The number of nitrogens with two attached hydrogens (primary N) is 1. The molecule has 1 saturated carbocycles. The van der Waals surface area contributed by atoms with Crippen LogP contribution in [0.25, 0.3) is 0 Å². The van der Waals surface area contributed by atoms with Crippen molar-refractivity contribution in [2.24, 2.45) is 17.6 Å². The lowest BCUT2D eigenvalue weighted by molar-refractivity contribution is -0.126. The molecule has 2 aliphatic rings. The minimum Gasteiger partial charge on any atom is -0.379 e. The first kappa shape index (κ1) is 12.8. The highest BCUT2D eigenvalue weighted by Crippen LogP contribution is 2.27. The molecule has 3 N–H and O–H groups in total. The fourth-order valence-corrected chi connectivity index (χ4v) is 2.94. The third-order valence-corrected chi connectivity index (χ3v) is 4.17. The molecule has 2 rings (SSSR count). The summed E-state index contributed by atoms with van der Waals surface area (Å²) in [5.74, 6) is 0.733. The van der Waals surface area contributed by atoms with Crippen LogP contribution in [0.1, 0.15) is 39.0 Å². The van der Waals surface area contributed by atoms with E-state index in [1.165, 1.54) is 19.3 Å². The van der Waals surface area contributed by atoms with E-state index in [0.717, 1.165) is 18.8 Å². The van der Waals surface area contributed by atoms with E-state index in [1.807, 2.05) is 0 Å². The molecule has 4 heteroatoms. The van der Waals surface area contributed by atoms with Crippen LogP contribution < -0.4 is 11.1 Å². The highest BCUT2D eigenvalue weighted by Gasteiger charge is 2.33. The Balaban J connectivity index is 1.81. The van der Waals surface area contributed by atoms with Crippen molar-refractivity contribution in [2.75, 3.05) is 13.2 Å². The van der Waals surface area contributed by atoms with Crippen LogP contribution in [-0.2, 0) is 9.53 Å². The van der Waals surface area contributed by atoms with Crippen LogP contribution in [0.15, 0.2) is 0 Å². The van der Waals surface area contributed by atoms with Crippen molar-refractivity contribution < 1.29 is 9.53 Å². The van der Waals surface area contributed by atoms with Gasteiger partial charge in [-0.1, -0.05) is 26.2 Å². The molecule has 1 aliphatic carbocycles. The van der Waals surface area contributed by atoms with Gasteiger partial charge in [0.05, 0.1) is 19.1 Å². The topological polar surface area (TPSA) is 64.3 Å². The predicted molar refractivity (Wildman–Crippen MR) is 66.5 cm³/mol. The average Bonchev–Trinajstić information content (AvgIpc) is 2.76. The quantitative estimate of drug-likeness (QED) is 0.775. The van der Waals surface area contributed by atoms with Crippen LogP contribution in [0.2, 0.25) is 0 Å². The minimum atomic E-state index is -0.142. The third-order valence-electron chi connectivity index (χ3n) is 4.17. The Bertz CT molecular complexity index is 270. The summed E-state index contributed by atoms with van der Waals surface area (Å²) in [5, 5.41) is 3.16. The molecule has 4 unspecified atom stereocenters. The van der Waals surface area contributed by atoms with Crippen LogP contribution in [0.3, 0.4) is 0 Å². The van der Waals surface area contributed by atoms with Gasteiger partial charge in [0.25, 0.3) is 0 Å². The molecular formula is C13H24N2O2. The van der Waals surface area contributed by atoms with Gasteiger partial charge >= 0.3 is 0 Å². The maximum Gasteiger partial charge on any atom is 0.227 e. The lowest BCUT2D eigenvalue weighted by Crippen LogP contribution is -2.46. The standard InChI is InChI=1S/C13H24N2O2/c1-2-9-4-3-5-10(6-9)15-13(16)11-7-17-8-12(11)14/h9-12H,2-8,14H2,1H3,(H,15,16). The number of hydrogen-bond donors (Lipinski definition) is 2. The summed E-state index contributed by atoms with van der Waals surface area (Å²) in [6.07, 6.45) is 6.01. The van der Waals surface area contributed by atoms with Gasteiger partial charge in [-0.15, -0.1) is 0 Å². The largest absolute Gasteiger partial charge is 0.379 e. The van der Waals surface area contributed by atoms with Crippen LogP contribution in [0.5, 0.6) is 0 Å². The molecule has 4 atom stereocenters. The van der Waals surface area contributed by atoms with Gasteiger partial charge in [0.15, 0.2) is 0 Å². The van der Waals surface area contributed by atoms with Crippen molar-refractivity contribution in [1.82, 2.24) is 5.32 Å². The third kappa shape index (κ3) is 3.19. The second-order valence-electron chi connectivity index (χ2n) is 5.45. The molecule has 1 aliphatic heterocycles. The first-order valence-electron chi connectivity index (χ1n) is 6.84. The van der Waals surface area contributed by atoms with Crippen molar-refractivity contribution in [1.29, 1.82) is 0 Å². The Labute approximate surface area is 103 Å². The molecular weight excluding hydrogens is 216 g/mol. The Morgan fingerprint density at radius 3 is 2.88 bits per heavy atom. The molecule has 4 nitrogen and oxygen atoms in total. The normalized spacial score (nSPS) is 38.0. The molecule has 1 heterocycles. The Hall–Kier alpha value is -0.610. The molecule has 0 radical (unpaired) electrons. The smallest absolute Gasteiger partial charge is 0.227 e. The molecule has 0 aromatic heterocycles. The van der Waals surface area contributed by atoms with Crippen molar-refractivity contribution in [3.8, 4) is 0 Å². The Morgan fingerprint density at radius 1 is 1.41 bits per heavy atom. The van der Waals surface area contributed by atoms with Crippen LogP contribution in [-0.4, -0.2) is 31.2 Å². The lowest BCUT2D eigenvalue weighted by atomic mass is 9.84. The second-order valence-corrected chi connectivity index (χ2v) is 5.45. The fourth-order valence-electron chi connectivity index (χ4n) is 2.94. The van der Waals surface area contributed by atoms with Gasteiger partial charge in [-0.3, -0.25) is 4.79 Å². The Kier molecular flexibility index (Phi) is 4.40. The van der Waals surface area contributed by atoms with Gasteiger partial charge in [-0.05, 0) is 18.8 Å². The van der Waals surface area contributed by atoms with E-state index in [9.17, 15) is 4.79 Å². The minimum absolute atomic E-state index is 0.0942. The van der Waals surface area contributed by atoms with E-state index in [1.54, 1.807) is 0 Å². The highest BCUT2D eigenvalue weighted by atomic mass is 16.5. The molecule has 1 saturated heterocycles. The predicted octanol–water partition coefficient (Wildman–Crippen LogP) is 1.05. The summed E-state index contributed by atoms with van der Waals surface area (Å²) in [7, 11) is 0. The summed E-state index contributed by atoms with van der Waals surface area (Å²) in [6, 6.07) is 0.231. The van der Waals surface area contributed by atoms with Crippen LogP contribution in [0.4, 0.5) is 0 Å². The van der Waals surface area contributed by atoms with E-state index in [0.29, 0.717) is 19.3 Å². The number of rotatable bonds is 3. The molecule has 98 valence electrons. The zero-order valence-corrected chi connectivity index (χ0v) is 10.7. The first-order chi connectivity index (χ1) is 8.20. The lowest BCUT2D eigenvalue weighted by Gasteiger charge is -2.30. The number of amides is 1. The summed E-state index contributed by atoms with van der Waals surface area (Å²) in [4.78, 5) is 12.0. The molecule has 0 spiro atoms. The summed E-state index contributed by atoms with van der Waals surface area (Å²) >= 11 is 0. The number of nitrogens with one attached hydrogen (secondary N) is 1. The van der Waals surface area contributed by atoms with Gasteiger partial charge in [0.2, 0.25) is 5.91 Å². The average molecular weight is 240 g/mol. The van der Waals surface area contributed by atoms with Crippen molar-refractivity contribution in [3.05, 3.63) is 0 Å². The van der Waals surface area contributed by atoms with Crippen LogP contribution >= 0.6 is 0 Å². The highest BCUT2D eigenvalue weighted by molar-refractivity contribution is 5.80. The number of hydrogen-bond acceptors (Lipinski definition) is 3. The monoisotopic (exact) mass is 240 g/mol. The zero-order chi connectivity index (χ0) is 12.3. The maximum absolute atomic E-state index is 12.0. The van der Waals surface area contributed by atoms with Crippen molar-refractivity contribution in [3.63, 3.8) is 0 Å². The number of carbonyl (C=O) groups is 1.